The summed E-state index contributed by atoms with van der Waals surface area (Å²) in [6, 6.07) is 1.79. The lowest BCUT2D eigenvalue weighted by Crippen LogP contribution is -2.42. The fourth-order valence-electron chi connectivity index (χ4n) is 2.17. The minimum atomic E-state index is -1.01. The van der Waals surface area contributed by atoms with Crippen molar-refractivity contribution in [1.29, 1.82) is 0 Å². The first-order valence-corrected chi connectivity index (χ1v) is 5.91. The topological polar surface area (TPSA) is 66.3 Å². The molecule has 0 spiro atoms. The fourth-order valence-corrected chi connectivity index (χ4v) is 2.17. The van der Waals surface area contributed by atoms with Crippen LogP contribution in [-0.4, -0.2) is 33.6 Å². The Morgan fingerprint density at radius 2 is 2.24 bits per heavy atom. The molecule has 5 heteroatoms. The average molecular weight is 235 g/mol. The molecular weight excluding hydrogens is 218 g/mol. The van der Waals surface area contributed by atoms with E-state index in [-0.39, 0.29) is 5.69 Å². The molecule has 1 aliphatic rings. The molecule has 2 unspecified atom stereocenters. The molecule has 5 nitrogen and oxygen atoms in total. The van der Waals surface area contributed by atoms with Crippen LogP contribution >= 0.6 is 0 Å². The van der Waals surface area contributed by atoms with Crippen molar-refractivity contribution in [3.8, 4) is 0 Å². The van der Waals surface area contributed by atoms with Gasteiger partial charge in [0, 0.05) is 18.8 Å². The summed E-state index contributed by atoms with van der Waals surface area (Å²) in [6.45, 7) is 5.22. The van der Waals surface area contributed by atoms with Gasteiger partial charge in [0.05, 0.1) is 0 Å². The van der Waals surface area contributed by atoms with Gasteiger partial charge >= 0.3 is 5.97 Å². The molecule has 0 aromatic carbocycles. The Morgan fingerprint density at radius 1 is 1.47 bits per heavy atom. The monoisotopic (exact) mass is 235 g/mol. The summed E-state index contributed by atoms with van der Waals surface area (Å²) in [4.78, 5) is 21.2. The molecule has 17 heavy (non-hydrogen) atoms. The second-order valence-corrected chi connectivity index (χ2v) is 4.73. The quantitative estimate of drug-likeness (QED) is 0.846. The van der Waals surface area contributed by atoms with Crippen LogP contribution in [0.4, 0.5) is 5.95 Å². The molecule has 1 saturated heterocycles. The first-order valence-electron chi connectivity index (χ1n) is 5.91. The SMILES string of the molecule is CC1CCC(C)N(c2nccc(C(=O)O)n2)C1. The van der Waals surface area contributed by atoms with Gasteiger partial charge in [-0.1, -0.05) is 6.92 Å². The predicted octanol–water partition coefficient (Wildman–Crippen LogP) is 1.80. The third-order valence-corrected chi connectivity index (χ3v) is 3.24. The first-order chi connectivity index (χ1) is 8.08. The number of aromatic nitrogens is 2. The molecule has 0 saturated carbocycles. The van der Waals surface area contributed by atoms with Gasteiger partial charge in [0.15, 0.2) is 5.69 Å². The number of carbonyl (C=O) groups is 1. The van der Waals surface area contributed by atoms with Gasteiger partial charge in [0.1, 0.15) is 0 Å². The molecule has 1 aromatic rings. The van der Waals surface area contributed by atoms with E-state index in [0.29, 0.717) is 17.9 Å². The van der Waals surface area contributed by atoms with Crippen LogP contribution in [0.1, 0.15) is 37.2 Å². The molecule has 1 aliphatic heterocycles. The normalized spacial score (nSPS) is 24.7. The van der Waals surface area contributed by atoms with Gasteiger partial charge in [-0.2, -0.15) is 0 Å². The number of carboxylic acids is 1. The van der Waals surface area contributed by atoms with E-state index in [9.17, 15) is 4.79 Å². The number of piperidine rings is 1. The molecule has 2 atom stereocenters. The van der Waals surface area contributed by atoms with Crippen LogP contribution in [-0.2, 0) is 0 Å². The van der Waals surface area contributed by atoms with Crippen molar-refractivity contribution in [3.05, 3.63) is 18.0 Å². The van der Waals surface area contributed by atoms with Crippen molar-refractivity contribution in [2.45, 2.75) is 32.7 Å². The Bertz CT molecular complexity index is 422. The summed E-state index contributed by atoms with van der Waals surface area (Å²) >= 11 is 0. The minimum absolute atomic E-state index is 0.0560. The van der Waals surface area contributed by atoms with Gasteiger partial charge in [-0.05, 0) is 31.7 Å². The zero-order valence-corrected chi connectivity index (χ0v) is 10.1. The summed E-state index contributed by atoms with van der Waals surface area (Å²) < 4.78 is 0. The zero-order chi connectivity index (χ0) is 12.4. The molecule has 0 aliphatic carbocycles. The summed E-state index contributed by atoms with van der Waals surface area (Å²) in [5.74, 6) is 0.124. The largest absolute Gasteiger partial charge is 0.477 e. The average Bonchev–Trinajstić information content (AvgIpc) is 2.32. The highest BCUT2D eigenvalue weighted by Gasteiger charge is 2.25. The van der Waals surface area contributed by atoms with E-state index in [4.69, 9.17) is 5.11 Å². The predicted molar refractivity (Wildman–Crippen MR) is 64.2 cm³/mol. The van der Waals surface area contributed by atoms with E-state index in [0.717, 1.165) is 13.0 Å². The van der Waals surface area contributed by atoms with Gasteiger partial charge < -0.3 is 10.0 Å². The van der Waals surface area contributed by atoms with E-state index in [1.807, 2.05) is 0 Å². The van der Waals surface area contributed by atoms with Gasteiger partial charge in [0.25, 0.3) is 0 Å². The summed E-state index contributed by atoms with van der Waals surface area (Å²) in [5, 5.41) is 8.92. The van der Waals surface area contributed by atoms with E-state index >= 15 is 0 Å². The van der Waals surface area contributed by atoms with Crippen molar-refractivity contribution in [3.63, 3.8) is 0 Å². The van der Waals surface area contributed by atoms with E-state index < -0.39 is 5.97 Å². The van der Waals surface area contributed by atoms with E-state index in [1.54, 1.807) is 0 Å². The van der Waals surface area contributed by atoms with Crippen molar-refractivity contribution in [2.24, 2.45) is 5.92 Å². The summed E-state index contributed by atoms with van der Waals surface area (Å²) in [7, 11) is 0. The lowest BCUT2D eigenvalue weighted by molar-refractivity contribution is 0.0690. The Kier molecular flexibility index (Phi) is 3.26. The Labute approximate surface area is 100 Å². The molecule has 0 amide bonds. The fraction of sp³-hybridized carbons (Fsp3) is 0.583. The maximum atomic E-state index is 10.9. The molecule has 2 rings (SSSR count). The molecular formula is C12H17N3O2. The highest BCUT2D eigenvalue weighted by molar-refractivity contribution is 5.85. The van der Waals surface area contributed by atoms with Crippen LogP contribution in [0.15, 0.2) is 12.3 Å². The maximum Gasteiger partial charge on any atom is 0.354 e. The molecule has 0 radical (unpaired) electrons. The lowest BCUT2D eigenvalue weighted by Gasteiger charge is -2.36. The number of carboxylic acid groups (broad SMARTS) is 1. The second-order valence-electron chi connectivity index (χ2n) is 4.73. The number of hydrogen-bond donors (Lipinski definition) is 1. The van der Waals surface area contributed by atoms with E-state index in [1.165, 1.54) is 18.7 Å². The van der Waals surface area contributed by atoms with Crippen LogP contribution < -0.4 is 4.90 Å². The van der Waals surface area contributed by atoms with Crippen molar-refractivity contribution in [2.75, 3.05) is 11.4 Å². The van der Waals surface area contributed by atoms with Crippen LogP contribution in [0, 0.1) is 5.92 Å². The molecule has 1 N–H and O–H groups in total. The number of hydrogen-bond acceptors (Lipinski definition) is 4. The minimum Gasteiger partial charge on any atom is -0.477 e. The Morgan fingerprint density at radius 3 is 2.94 bits per heavy atom. The molecule has 0 bridgehead atoms. The molecule has 1 fully saturated rings. The number of anilines is 1. The number of nitrogens with zero attached hydrogens (tertiary/aromatic N) is 3. The Balaban J connectivity index is 2.26. The smallest absolute Gasteiger partial charge is 0.354 e. The third kappa shape index (κ3) is 2.54. The van der Waals surface area contributed by atoms with Crippen LogP contribution in [0.2, 0.25) is 0 Å². The van der Waals surface area contributed by atoms with Gasteiger partial charge in [-0.3, -0.25) is 0 Å². The van der Waals surface area contributed by atoms with E-state index in [2.05, 4.69) is 28.7 Å². The standard InChI is InChI=1S/C12H17N3O2/c1-8-3-4-9(2)15(7-8)12-13-6-5-10(14-12)11(16)17/h5-6,8-9H,3-4,7H2,1-2H3,(H,16,17). The van der Waals surface area contributed by atoms with Crippen molar-refractivity contribution >= 4 is 11.9 Å². The van der Waals surface area contributed by atoms with Crippen molar-refractivity contribution < 1.29 is 9.90 Å². The highest BCUT2D eigenvalue weighted by Crippen LogP contribution is 2.24. The number of aromatic carboxylic acids is 1. The highest BCUT2D eigenvalue weighted by atomic mass is 16.4. The molecule has 92 valence electrons. The lowest BCUT2D eigenvalue weighted by atomic mass is 9.95. The number of rotatable bonds is 2. The Hall–Kier alpha value is -1.65. The molecule has 2 heterocycles. The van der Waals surface area contributed by atoms with Crippen LogP contribution in [0.25, 0.3) is 0 Å². The van der Waals surface area contributed by atoms with Gasteiger partial charge in [-0.25, -0.2) is 14.8 Å². The van der Waals surface area contributed by atoms with Crippen LogP contribution in [0.3, 0.4) is 0 Å². The zero-order valence-electron chi connectivity index (χ0n) is 10.1. The maximum absolute atomic E-state index is 10.9. The summed E-state index contributed by atoms with van der Waals surface area (Å²) in [5.41, 5.74) is 0.0560. The first kappa shape index (κ1) is 11.8. The summed E-state index contributed by atoms with van der Waals surface area (Å²) in [6.07, 6.45) is 3.82. The van der Waals surface area contributed by atoms with Gasteiger partial charge in [-0.15, -0.1) is 0 Å². The third-order valence-electron chi connectivity index (χ3n) is 3.24. The molecule has 1 aromatic heterocycles. The van der Waals surface area contributed by atoms with Crippen molar-refractivity contribution in [1.82, 2.24) is 9.97 Å². The second kappa shape index (κ2) is 4.69. The van der Waals surface area contributed by atoms with Gasteiger partial charge in [0.2, 0.25) is 5.95 Å². The van der Waals surface area contributed by atoms with Crippen LogP contribution in [0.5, 0.6) is 0 Å².